The second kappa shape index (κ2) is 8.95. The summed E-state index contributed by atoms with van der Waals surface area (Å²) < 4.78 is 10.7. The first-order chi connectivity index (χ1) is 14.1. The Morgan fingerprint density at radius 3 is 2.43 bits per heavy atom. The highest BCUT2D eigenvalue weighted by atomic mass is 35.5. The van der Waals surface area contributed by atoms with Crippen molar-refractivity contribution in [2.24, 2.45) is 0 Å². The third-order valence-electron chi connectivity index (χ3n) is 4.06. The molecule has 3 aromatic rings. The molecule has 0 radical (unpaired) electrons. The van der Waals surface area contributed by atoms with Gasteiger partial charge in [0.05, 0.1) is 5.02 Å². The van der Waals surface area contributed by atoms with Gasteiger partial charge in [-0.1, -0.05) is 16.8 Å². The lowest BCUT2D eigenvalue weighted by Crippen LogP contribution is -2.29. The highest BCUT2D eigenvalue weighted by molar-refractivity contribution is 6.32. The van der Waals surface area contributed by atoms with E-state index in [1.165, 1.54) is 6.92 Å². The van der Waals surface area contributed by atoms with Gasteiger partial charge in [0.15, 0.2) is 0 Å². The maximum atomic E-state index is 9.76. The van der Waals surface area contributed by atoms with E-state index >= 15 is 0 Å². The maximum Gasteiger partial charge on any atom is 0.277 e. The van der Waals surface area contributed by atoms with Gasteiger partial charge in [-0.2, -0.15) is 4.98 Å². The summed E-state index contributed by atoms with van der Waals surface area (Å²) >= 11 is 6.31. The van der Waals surface area contributed by atoms with Crippen LogP contribution < -0.4 is 10.1 Å². The molecule has 0 amide bonds. The smallest absolute Gasteiger partial charge is 0.277 e. The predicted octanol–water partition coefficient (Wildman–Crippen LogP) is 3.36. The Bertz CT molecular complexity index is 1010. The van der Waals surface area contributed by atoms with Crippen LogP contribution in [0.5, 0.6) is 5.75 Å². The van der Waals surface area contributed by atoms with Crippen LogP contribution in [-0.2, 0) is 0 Å². The molecule has 0 aliphatic heterocycles. The monoisotopic (exact) mass is 433 g/mol. The largest absolute Gasteiger partial charge is 0.460 e. The number of aromatic nitrogens is 4. The fourth-order valence-corrected chi connectivity index (χ4v) is 2.99. The van der Waals surface area contributed by atoms with Crippen LogP contribution in [-0.4, -0.2) is 48.8 Å². The molecule has 30 heavy (non-hydrogen) atoms. The van der Waals surface area contributed by atoms with Crippen molar-refractivity contribution >= 4 is 17.5 Å². The third kappa shape index (κ3) is 5.05. The lowest BCUT2D eigenvalue weighted by atomic mass is 10.1. The molecule has 3 N–H and O–H groups in total. The average molecular weight is 434 g/mol. The summed E-state index contributed by atoms with van der Waals surface area (Å²) in [5, 5.41) is 26.6. The standard InChI is InChI=1S/C20H24ClN5O4/c1-9(2)22-20-23-11(4)7-15(24-20)18-25-17(26-30-18)13-6-10(3)16(14(21)8-13)29-19(28)12(5)27/h6-9,12,19,27-28H,1-5H3,(H,22,23,24). The van der Waals surface area contributed by atoms with E-state index in [-0.39, 0.29) is 22.7 Å². The van der Waals surface area contributed by atoms with Crippen molar-refractivity contribution in [1.82, 2.24) is 20.1 Å². The van der Waals surface area contributed by atoms with Crippen molar-refractivity contribution in [1.29, 1.82) is 0 Å². The van der Waals surface area contributed by atoms with E-state index in [1.54, 1.807) is 25.1 Å². The number of halogens is 1. The zero-order valence-electron chi connectivity index (χ0n) is 17.3. The van der Waals surface area contributed by atoms with E-state index in [0.717, 1.165) is 5.69 Å². The van der Waals surface area contributed by atoms with Gasteiger partial charge in [-0.25, -0.2) is 9.97 Å². The molecule has 2 heterocycles. The number of benzene rings is 1. The van der Waals surface area contributed by atoms with Gasteiger partial charge in [0.25, 0.3) is 5.89 Å². The van der Waals surface area contributed by atoms with Gasteiger partial charge >= 0.3 is 0 Å². The molecule has 10 heteroatoms. The predicted molar refractivity (Wildman–Crippen MR) is 112 cm³/mol. The average Bonchev–Trinajstić information content (AvgIpc) is 3.13. The number of aliphatic hydroxyl groups excluding tert-OH is 2. The fourth-order valence-electron chi connectivity index (χ4n) is 2.67. The van der Waals surface area contributed by atoms with Crippen molar-refractivity contribution in [3.05, 3.63) is 34.5 Å². The van der Waals surface area contributed by atoms with Gasteiger partial charge in [0.1, 0.15) is 17.5 Å². The number of hydrogen-bond donors (Lipinski definition) is 3. The summed E-state index contributed by atoms with van der Waals surface area (Å²) in [7, 11) is 0. The fraction of sp³-hybridized carbons (Fsp3) is 0.400. The molecule has 3 rings (SSSR count). The Balaban J connectivity index is 1.90. The zero-order valence-corrected chi connectivity index (χ0v) is 18.1. The Morgan fingerprint density at radius 2 is 1.80 bits per heavy atom. The van der Waals surface area contributed by atoms with Gasteiger partial charge in [-0.05, 0) is 58.4 Å². The SMILES string of the molecule is Cc1cc(-c2nc(-c3cc(C)c(OC(O)C(C)O)c(Cl)c3)no2)nc(NC(C)C)n1. The molecule has 2 unspecified atom stereocenters. The van der Waals surface area contributed by atoms with Crippen molar-refractivity contribution in [3.63, 3.8) is 0 Å². The quantitative estimate of drug-likeness (QED) is 0.480. The minimum absolute atomic E-state index is 0.177. The first kappa shape index (κ1) is 21.9. The molecule has 2 atom stereocenters. The molecular weight excluding hydrogens is 410 g/mol. The molecular formula is C20H24ClN5O4. The van der Waals surface area contributed by atoms with Gasteiger partial charge in [0, 0.05) is 17.3 Å². The number of anilines is 1. The summed E-state index contributed by atoms with van der Waals surface area (Å²) in [5.41, 5.74) is 2.52. The molecule has 0 spiro atoms. The van der Waals surface area contributed by atoms with Gasteiger partial charge in [-0.15, -0.1) is 0 Å². The zero-order chi connectivity index (χ0) is 22.0. The molecule has 9 nitrogen and oxygen atoms in total. The first-order valence-corrected chi connectivity index (χ1v) is 9.81. The van der Waals surface area contributed by atoms with Crippen molar-refractivity contribution in [2.45, 2.75) is 53.1 Å². The molecule has 1 aromatic carbocycles. The number of nitrogens with zero attached hydrogens (tertiary/aromatic N) is 4. The van der Waals surface area contributed by atoms with E-state index in [9.17, 15) is 10.2 Å². The number of hydrogen-bond acceptors (Lipinski definition) is 9. The van der Waals surface area contributed by atoms with Crippen LogP contribution in [0.4, 0.5) is 5.95 Å². The summed E-state index contributed by atoms with van der Waals surface area (Å²) in [6.07, 6.45) is -2.45. The Kier molecular flexibility index (Phi) is 6.55. The van der Waals surface area contributed by atoms with E-state index < -0.39 is 12.4 Å². The Hall–Kier alpha value is -2.75. The second-order valence-electron chi connectivity index (χ2n) is 7.29. The van der Waals surface area contributed by atoms with Gasteiger partial charge in [0.2, 0.25) is 18.1 Å². The molecule has 0 saturated carbocycles. The summed E-state index contributed by atoms with van der Waals surface area (Å²) in [6.45, 7) is 9.03. The highest BCUT2D eigenvalue weighted by Crippen LogP contribution is 2.34. The normalized spacial score (nSPS) is 13.4. The van der Waals surface area contributed by atoms with Crippen molar-refractivity contribution < 1.29 is 19.5 Å². The second-order valence-corrected chi connectivity index (χ2v) is 7.70. The summed E-state index contributed by atoms with van der Waals surface area (Å²) in [6, 6.07) is 5.29. The summed E-state index contributed by atoms with van der Waals surface area (Å²) in [5.74, 6) is 1.33. The van der Waals surface area contributed by atoms with Crippen molar-refractivity contribution in [2.75, 3.05) is 5.32 Å². The Morgan fingerprint density at radius 1 is 1.07 bits per heavy atom. The summed E-state index contributed by atoms with van der Waals surface area (Å²) in [4.78, 5) is 13.2. The number of aliphatic hydroxyl groups is 2. The molecule has 0 saturated heterocycles. The number of ether oxygens (including phenoxy) is 1. The van der Waals surface area contributed by atoms with E-state index in [2.05, 4.69) is 25.4 Å². The molecule has 0 aliphatic rings. The van der Waals surface area contributed by atoms with Crippen molar-refractivity contribution in [3.8, 4) is 28.7 Å². The van der Waals surface area contributed by atoms with Crippen LogP contribution in [0.25, 0.3) is 23.0 Å². The number of rotatable bonds is 7. The molecule has 0 aliphatic carbocycles. The third-order valence-corrected chi connectivity index (χ3v) is 4.34. The Labute approximate surface area is 179 Å². The van der Waals surface area contributed by atoms with Crippen LogP contribution in [0.1, 0.15) is 32.0 Å². The van der Waals surface area contributed by atoms with Crippen LogP contribution in [0, 0.1) is 13.8 Å². The van der Waals surface area contributed by atoms with Crippen LogP contribution in [0.3, 0.4) is 0 Å². The van der Waals surface area contributed by atoms with Gasteiger partial charge in [-0.3, -0.25) is 0 Å². The number of nitrogens with one attached hydrogen (secondary N) is 1. The highest BCUT2D eigenvalue weighted by Gasteiger charge is 2.19. The van der Waals surface area contributed by atoms with E-state index in [4.69, 9.17) is 20.9 Å². The molecule has 2 aromatic heterocycles. The van der Waals surface area contributed by atoms with E-state index in [1.807, 2.05) is 20.8 Å². The lowest BCUT2D eigenvalue weighted by molar-refractivity contribution is -0.0961. The van der Waals surface area contributed by atoms with Gasteiger partial charge < -0.3 is 24.8 Å². The minimum Gasteiger partial charge on any atom is -0.460 e. The van der Waals surface area contributed by atoms with E-state index in [0.29, 0.717) is 28.6 Å². The maximum absolute atomic E-state index is 9.76. The molecule has 0 bridgehead atoms. The van der Waals surface area contributed by atoms with Crippen LogP contribution in [0.15, 0.2) is 22.7 Å². The molecule has 0 fully saturated rings. The number of aryl methyl sites for hydroxylation is 2. The topological polar surface area (TPSA) is 126 Å². The van der Waals surface area contributed by atoms with Crippen LogP contribution in [0.2, 0.25) is 5.02 Å². The first-order valence-electron chi connectivity index (χ1n) is 9.43. The molecule has 160 valence electrons. The minimum atomic E-state index is -1.39. The lowest BCUT2D eigenvalue weighted by Gasteiger charge is -2.18. The van der Waals surface area contributed by atoms with Crippen LogP contribution >= 0.6 is 11.6 Å².